The minimum absolute atomic E-state index is 0.124. The summed E-state index contributed by atoms with van der Waals surface area (Å²) in [5, 5.41) is 4.44. The van der Waals surface area contributed by atoms with Crippen LogP contribution in [0.15, 0.2) is 24.9 Å². The summed E-state index contributed by atoms with van der Waals surface area (Å²) in [5.41, 5.74) is 1.05. The molecule has 0 aliphatic heterocycles. The lowest BCUT2D eigenvalue weighted by molar-refractivity contribution is 0.585. The monoisotopic (exact) mass is 248 g/mol. The molecule has 4 nitrogen and oxygen atoms in total. The lowest BCUT2D eigenvalue weighted by atomic mass is 9.98. The van der Waals surface area contributed by atoms with Gasteiger partial charge in [0, 0.05) is 16.5 Å². The van der Waals surface area contributed by atoms with E-state index in [4.69, 9.17) is 0 Å². The summed E-state index contributed by atoms with van der Waals surface area (Å²) in [6, 6.07) is 0. The van der Waals surface area contributed by atoms with Crippen LogP contribution in [0.1, 0.15) is 30.7 Å². The molecule has 0 radical (unpaired) electrons. The van der Waals surface area contributed by atoms with Crippen molar-refractivity contribution in [2.24, 2.45) is 0 Å². The Hall–Kier alpha value is -1.49. The number of nitrogens with one attached hydrogen (secondary N) is 1. The Balaban J connectivity index is 1.99. The molecule has 2 heterocycles. The van der Waals surface area contributed by atoms with Crippen LogP contribution >= 0.6 is 11.3 Å². The van der Waals surface area contributed by atoms with E-state index in [-0.39, 0.29) is 5.41 Å². The van der Waals surface area contributed by atoms with Crippen LogP contribution in [0.2, 0.25) is 0 Å². The minimum Gasteiger partial charge on any atom is -0.378 e. The van der Waals surface area contributed by atoms with Gasteiger partial charge in [-0.1, -0.05) is 20.8 Å². The average molecular weight is 248 g/mol. The maximum absolute atomic E-state index is 4.45. The van der Waals surface area contributed by atoms with Crippen LogP contribution in [-0.2, 0) is 12.0 Å². The Kier molecular flexibility index (Phi) is 3.38. The third-order valence-corrected chi connectivity index (χ3v) is 3.65. The Bertz CT molecular complexity index is 473. The number of hydrogen-bond donors (Lipinski definition) is 1. The minimum atomic E-state index is 0.124. The van der Waals surface area contributed by atoms with Crippen LogP contribution < -0.4 is 5.32 Å². The second-order valence-corrected chi connectivity index (χ2v) is 5.98. The van der Waals surface area contributed by atoms with Gasteiger partial charge in [0.2, 0.25) is 0 Å². The summed E-state index contributed by atoms with van der Waals surface area (Å²) < 4.78 is 0. The number of anilines is 1. The van der Waals surface area contributed by atoms with Gasteiger partial charge in [-0.3, -0.25) is 0 Å². The highest BCUT2D eigenvalue weighted by Gasteiger charge is 2.17. The van der Waals surface area contributed by atoms with E-state index in [9.17, 15) is 0 Å². The SMILES string of the molecule is CC(C)(C)c1ncc(CNc2cncnc2)s1. The highest BCUT2D eigenvalue weighted by atomic mass is 32.1. The summed E-state index contributed by atoms with van der Waals surface area (Å²) in [4.78, 5) is 13.6. The first kappa shape index (κ1) is 12.0. The molecule has 0 spiro atoms. The van der Waals surface area contributed by atoms with Crippen molar-refractivity contribution in [3.05, 3.63) is 34.8 Å². The van der Waals surface area contributed by atoms with Crippen molar-refractivity contribution in [2.45, 2.75) is 32.7 Å². The largest absolute Gasteiger partial charge is 0.378 e. The lowest BCUT2D eigenvalue weighted by Crippen LogP contribution is -2.09. The first-order chi connectivity index (χ1) is 8.05. The molecule has 1 N–H and O–H groups in total. The van der Waals surface area contributed by atoms with E-state index in [1.807, 2.05) is 6.20 Å². The van der Waals surface area contributed by atoms with Crippen LogP contribution in [0.5, 0.6) is 0 Å². The van der Waals surface area contributed by atoms with E-state index in [0.717, 1.165) is 12.2 Å². The quantitative estimate of drug-likeness (QED) is 0.907. The molecule has 0 aliphatic carbocycles. The highest BCUT2D eigenvalue weighted by molar-refractivity contribution is 7.11. The summed E-state index contributed by atoms with van der Waals surface area (Å²) in [6.07, 6.45) is 6.98. The van der Waals surface area contributed by atoms with Gasteiger partial charge in [-0.05, 0) is 0 Å². The zero-order valence-corrected chi connectivity index (χ0v) is 11.1. The maximum Gasteiger partial charge on any atom is 0.115 e. The molecular weight excluding hydrogens is 232 g/mol. The first-order valence-electron chi connectivity index (χ1n) is 5.50. The fourth-order valence-electron chi connectivity index (χ4n) is 1.32. The number of thiazole rings is 1. The normalized spacial score (nSPS) is 11.5. The molecule has 0 bridgehead atoms. The second kappa shape index (κ2) is 4.79. The predicted octanol–water partition coefficient (Wildman–Crippen LogP) is 2.84. The Morgan fingerprint density at radius 3 is 2.47 bits per heavy atom. The van der Waals surface area contributed by atoms with E-state index in [0.29, 0.717) is 0 Å². The topological polar surface area (TPSA) is 50.7 Å². The molecule has 0 aromatic carbocycles. The second-order valence-electron chi connectivity index (χ2n) is 4.86. The molecule has 2 aromatic heterocycles. The summed E-state index contributed by atoms with van der Waals surface area (Å²) >= 11 is 1.74. The Morgan fingerprint density at radius 2 is 1.88 bits per heavy atom. The van der Waals surface area contributed by atoms with E-state index >= 15 is 0 Å². The number of rotatable bonds is 3. The molecule has 5 heteroatoms. The fraction of sp³-hybridized carbons (Fsp3) is 0.417. The molecule has 2 aromatic rings. The fourth-order valence-corrected chi connectivity index (χ4v) is 2.23. The molecule has 0 aliphatic rings. The van der Waals surface area contributed by atoms with Gasteiger partial charge in [0.25, 0.3) is 0 Å². The number of nitrogens with zero attached hydrogens (tertiary/aromatic N) is 3. The van der Waals surface area contributed by atoms with Crippen molar-refractivity contribution in [1.82, 2.24) is 15.0 Å². The standard InChI is InChI=1S/C12H16N4S/c1-12(2,3)11-16-7-10(17-11)6-15-9-4-13-8-14-5-9/h4-5,7-8,15H,6H2,1-3H3. The number of hydrogen-bond acceptors (Lipinski definition) is 5. The van der Waals surface area contributed by atoms with E-state index < -0.39 is 0 Å². The van der Waals surface area contributed by atoms with Gasteiger partial charge in [-0.2, -0.15) is 0 Å². The molecule has 90 valence electrons. The van der Waals surface area contributed by atoms with Crippen molar-refractivity contribution >= 4 is 17.0 Å². The van der Waals surface area contributed by atoms with Crippen LogP contribution in [0.3, 0.4) is 0 Å². The van der Waals surface area contributed by atoms with Crippen LogP contribution in [-0.4, -0.2) is 15.0 Å². The average Bonchev–Trinajstić information content (AvgIpc) is 2.76. The van der Waals surface area contributed by atoms with Gasteiger partial charge in [0.05, 0.1) is 29.6 Å². The van der Waals surface area contributed by atoms with E-state index in [1.165, 1.54) is 16.2 Å². The molecule has 0 atom stereocenters. The van der Waals surface area contributed by atoms with Gasteiger partial charge in [0.15, 0.2) is 0 Å². The van der Waals surface area contributed by atoms with Crippen molar-refractivity contribution in [2.75, 3.05) is 5.32 Å². The third-order valence-electron chi connectivity index (χ3n) is 2.22. The van der Waals surface area contributed by atoms with Crippen molar-refractivity contribution < 1.29 is 0 Å². The highest BCUT2D eigenvalue weighted by Crippen LogP contribution is 2.26. The molecule has 0 fully saturated rings. The number of aromatic nitrogens is 3. The molecule has 0 unspecified atom stereocenters. The van der Waals surface area contributed by atoms with E-state index in [2.05, 4.69) is 41.0 Å². The Morgan fingerprint density at radius 1 is 1.18 bits per heavy atom. The summed E-state index contributed by atoms with van der Waals surface area (Å²) in [6.45, 7) is 7.29. The molecule has 17 heavy (non-hydrogen) atoms. The van der Waals surface area contributed by atoms with Crippen molar-refractivity contribution in [3.63, 3.8) is 0 Å². The van der Waals surface area contributed by atoms with Gasteiger partial charge in [-0.15, -0.1) is 11.3 Å². The summed E-state index contributed by atoms with van der Waals surface area (Å²) in [7, 11) is 0. The van der Waals surface area contributed by atoms with Gasteiger partial charge >= 0.3 is 0 Å². The van der Waals surface area contributed by atoms with Crippen LogP contribution in [0.25, 0.3) is 0 Å². The van der Waals surface area contributed by atoms with Gasteiger partial charge in [-0.25, -0.2) is 15.0 Å². The Labute approximate surface area is 105 Å². The molecule has 0 saturated heterocycles. The maximum atomic E-state index is 4.45. The molecule has 2 rings (SSSR count). The zero-order chi connectivity index (χ0) is 12.3. The van der Waals surface area contributed by atoms with Gasteiger partial charge < -0.3 is 5.32 Å². The zero-order valence-electron chi connectivity index (χ0n) is 10.3. The molecular formula is C12H16N4S. The van der Waals surface area contributed by atoms with Crippen LogP contribution in [0, 0.1) is 0 Å². The lowest BCUT2D eigenvalue weighted by Gasteiger charge is -2.13. The smallest absolute Gasteiger partial charge is 0.115 e. The van der Waals surface area contributed by atoms with Crippen molar-refractivity contribution in [1.29, 1.82) is 0 Å². The third kappa shape index (κ3) is 3.23. The summed E-state index contributed by atoms with van der Waals surface area (Å²) in [5.74, 6) is 0. The predicted molar refractivity (Wildman–Crippen MR) is 70.2 cm³/mol. The van der Waals surface area contributed by atoms with Crippen LogP contribution in [0.4, 0.5) is 5.69 Å². The molecule has 0 amide bonds. The van der Waals surface area contributed by atoms with Gasteiger partial charge in [0.1, 0.15) is 6.33 Å². The first-order valence-corrected chi connectivity index (χ1v) is 6.31. The molecule has 0 saturated carbocycles. The van der Waals surface area contributed by atoms with E-state index in [1.54, 1.807) is 23.7 Å². The van der Waals surface area contributed by atoms with Crippen molar-refractivity contribution in [3.8, 4) is 0 Å².